The molecule has 1 aromatic rings. The first-order chi connectivity index (χ1) is 6.43. The van der Waals surface area contributed by atoms with E-state index in [0.717, 1.165) is 12.5 Å². The zero-order valence-electron chi connectivity index (χ0n) is 7.62. The van der Waals surface area contributed by atoms with Gasteiger partial charge in [0.1, 0.15) is 0 Å². The summed E-state index contributed by atoms with van der Waals surface area (Å²) in [5.41, 5.74) is 3.35. The van der Waals surface area contributed by atoms with E-state index in [1.807, 2.05) is 16.8 Å². The molecule has 1 aliphatic carbocycles. The first-order valence-electron chi connectivity index (χ1n) is 5.09. The van der Waals surface area contributed by atoms with Crippen molar-refractivity contribution in [1.82, 2.24) is 10.3 Å². The summed E-state index contributed by atoms with van der Waals surface area (Å²) in [5, 5.41) is 3.58. The molecule has 0 spiro atoms. The normalized spacial score (nSPS) is 27.2. The molecule has 3 heteroatoms. The summed E-state index contributed by atoms with van der Waals surface area (Å²) >= 11 is 1.83. The summed E-state index contributed by atoms with van der Waals surface area (Å²) in [6.07, 6.45) is 5.38. The molecule has 0 saturated heterocycles. The second-order valence-corrected chi connectivity index (χ2v) is 5.04. The number of aromatic nitrogens is 1. The molecular formula is C10H14N2S. The largest absolute Gasteiger partial charge is 0.308 e. The predicted octanol–water partition coefficient (Wildman–Crippen LogP) is 2.13. The standard InChI is InChI=1S/C10H14N2S/c1-2-7(1)5-8-10-9(3-4-11-8)13-6-12-10/h6-8,11H,1-5H2. The van der Waals surface area contributed by atoms with Gasteiger partial charge in [0.2, 0.25) is 0 Å². The molecule has 0 aromatic carbocycles. The maximum absolute atomic E-state index is 4.48. The summed E-state index contributed by atoms with van der Waals surface area (Å²) < 4.78 is 0. The van der Waals surface area contributed by atoms with Gasteiger partial charge in [-0.2, -0.15) is 0 Å². The van der Waals surface area contributed by atoms with Crippen molar-refractivity contribution in [3.05, 3.63) is 16.1 Å². The maximum Gasteiger partial charge on any atom is 0.0798 e. The van der Waals surface area contributed by atoms with E-state index >= 15 is 0 Å². The molecule has 0 amide bonds. The molecule has 1 N–H and O–H groups in total. The quantitative estimate of drug-likeness (QED) is 0.780. The van der Waals surface area contributed by atoms with Crippen molar-refractivity contribution in [1.29, 1.82) is 0 Å². The van der Waals surface area contributed by atoms with Crippen LogP contribution in [0.25, 0.3) is 0 Å². The highest BCUT2D eigenvalue weighted by atomic mass is 32.1. The minimum absolute atomic E-state index is 0.572. The van der Waals surface area contributed by atoms with Gasteiger partial charge in [-0.25, -0.2) is 4.98 Å². The average molecular weight is 194 g/mol. The summed E-state index contributed by atoms with van der Waals surface area (Å²) in [5.74, 6) is 0.991. The maximum atomic E-state index is 4.48. The third kappa shape index (κ3) is 1.51. The first-order valence-corrected chi connectivity index (χ1v) is 5.97. The molecule has 1 aromatic heterocycles. The Kier molecular flexibility index (Phi) is 1.87. The van der Waals surface area contributed by atoms with Gasteiger partial charge in [-0.1, -0.05) is 12.8 Å². The minimum atomic E-state index is 0.572. The van der Waals surface area contributed by atoms with Crippen LogP contribution in [0.1, 0.15) is 35.9 Å². The summed E-state index contributed by atoms with van der Waals surface area (Å²) in [7, 11) is 0. The lowest BCUT2D eigenvalue weighted by Gasteiger charge is -2.22. The Hall–Kier alpha value is -0.410. The lowest BCUT2D eigenvalue weighted by atomic mass is 10.0. The molecule has 13 heavy (non-hydrogen) atoms. The van der Waals surface area contributed by atoms with Crippen LogP contribution in [-0.2, 0) is 6.42 Å². The molecule has 0 radical (unpaired) electrons. The highest BCUT2D eigenvalue weighted by molar-refractivity contribution is 7.09. The molecule has 2 nitrogen and oxygen atoms in total. The van der Waals surface area contributed by atoms with Crippen LogP contribution in [0.4, 0.5) is 0 Å². The molecule has 3 rings (SSSR count). The van der Waals surface area contributed by atoms with Crippen LogP contribution >= 0.6 is 11.3 Å². The van der Waals surface area contributed by atoms with Gasteiger partial charge in [0.25, 0.3) is 0 Å². The van der Waals surface area contributed by atoms with E-state index in [4.69, 9.17) is 0 Å². The van der Waals surface area contributed by atoms with Crippen molar-refractivity contribution in [2.75, 3.05) is 6.54 Å². The van der Waals surface area contributed by atoms with Gasteiger partial charge in [0.15, 0.2) is 0 Å². The van der Waals surface area contributed by atoms with E-state index in [-0.39, 0.29) is 0 Å². The Morgan fingerprint density at radius 3 is 3.31 bits per heavy atom. The Balaban J connectivity index is 1.81. The van der Waals surface area contributed by atoms with Crippen LogP contribution in [-0.4, -0.2) is 11.5 Å². The topological polar surface area (TPSA) is 24.9 Å². The summed E-state index contributed by atoms with van der Waals surface area (Å²) in [6, 6.07) is 0.572. The molecular weight excluding hydrogens is 180 g/mol. The van der Waals surface area contributed by atoms with Crippen LogP contribution in [0.3, 0.4) is 0 Å². The van der Waals surface area contributed by atoms with Crippen molar-refractivity contribution in [2.24, 2.45) is 5.92 Å². The Morgan fingerprint density at radius 1 is 1.54 bits per heavy atom. The second kappa shape index (κ2) is 3.07. The molecule has 1 saturated carbocycles. The zero-order chi connectivity index (χ0) is 8.67. The van der Waals surface area contributed by atoms with Crippen LogP contribution in [0.2, 0.25) is 0 Å². The van der Waals surface area contributed by atoms with Gasteiger partial charge in [-0.15, -0.1) is 11.3 Å². The zero-order valence-corrected chi connectivity index (χ0v) is 8.44. The van der Waals surface area contributed by atoms with Gasteiger partial charge < -0.3 is 5.32 Å². The second-order valence-electron chi connectivity index (χ2n) is 4.10. The number of thiazole rings is 1. The monoisotopic (exact) mass is 194 g/mol. The fraction of sp³-hybridized carbons (Fsp3) is 0.700. The van der Waals surface area contributed by atoms with E-state index < -0.39 is 0 Å². The number of hydrogen-bond acceptors (Lipinski definition) is 3. The fourth-order valence-corrected chi connectivity index (χ4v) is 2.92. The van der Waals surface area contributed by atoms with Crippen molar-refractivity contribution in [3.63, 3.8) is 0 Å². The SMILES string of the molecule is c1nc2c(s1)CCNC2CC1CC1. The number of nitrogens with one attached hydrogen (secondary N) is 1. The highest BCUT2D eigenvalue weighted by Crippen LogP contribution is 2.39. The van der Waals surface area contributed by atoms with E-state index in [1.54, 1.807) is 0 Å². The molecule has 70 valence electrons. The lowest BCUT2D eigenvalue weighted by molar-refractivity contribution is 0.447. The van der Waals surface area contributed by atoms with Gasteiger partial charge in [0.05, 0.1) is 17.2 Å². The number of fused-ring (bicyclic) bond motifs is 1. The summed E-state index contributed by atoms with van der Waals surface area (Å²) in [6.45, 7) is 1.15. The predicted molar refractivity (Wildman–Crippen MR) is 53.9 cm³/mol. The molecule has 1 unspecified atom stereocenters. The van der Waals surface area contributed by atoms with Crippen LogP contribution in [0.15, 0.2) is 5.51 Å². The molecule has 0 bridgehead atoms. The van der Waals surface area contributed by atoms with Crippen molar-refractivity contribution in [3.8, 4) is 0 Å². The van der Waals surface area contributed by atoms with Crippen molar-refractivity contribution >= 4 is 11.3 Å². The first kappa shape index (κ1) is 7.94. The van der Waals surface area contributed by atoms with Gasteiger partial charge in [-0.3, -0.25) is 0 Å². The number of hydrogen-bond donors (Lipinski definition) is 1. The summed E-state index contributed by atoms with van der Waals surface area (Å²) in [4.78, 5) is 5.99. The average Bonchev–Trinajstić information content (AvgIpc) is 2.83. The third-order valence-electron chi connectivity index (χ3n) is 3.01. The van der Waals surface area contributed by atoms with E-state index in [9.17, 15) is 0 Å². The van der Waals surface area contributed by atoms with Gasteiger partial charge >= 0.3 is 0 Å². The van der Waals surface area contributed by atoms with Crippen molar-refractivity contribution in [2.45, 2.75) is 31.7 Å². The third-order valence-corrected chi connectivity index (χ3v) is 3.92. The number of rotatable bonds is 2. The highest BCUT2D eigenvalue weighted by Gasteiger charge is 2.29. The number of nitrogens with zero attached hydrogens (tertiary/aromatic N) is 1. The van der Waals surface area contributed by atoms with Crippen LogP contribution < -0.4 is 5.32 Å². The van der Waals surface area contributed by atoms with Crippen LogP contribution in [0.5, 0.6) is 0 Å². The van der Waals surface area contributed by atoms with Gasteiger partial charge in [0, 0.05) is 11.4 Å². The smallest absolute Gasteiger partial charge is 0.0798 e. The lowest BCUT2D eigenvalue weighted by Crippen LogP contribution is -2.29. The fourth-order valence-electron chi connectivity index (χ4n) is 2.09. The van der Waals surface area contributed by atoms with Crippen molar-refractivity contribution < 1.29 is 0 Å². The minimum Gasteiger partial charge on any atom is -0.308 e. The molecule has 1 atom stereocenters. The Labute approximate surface area is 82.4 Å². The van der Waals surface area contributed by atoms with E-state index in [0.29, 0.717) is 6.04 Å². The Morgan fingerprint density at radius 2 is 2.46 bits per heavy atom. The molecule has 1 aliphatic heterocycles. The molecule has 1 fully saturated rings. The van der Waals surface area contributed by atoms with Crippen LogP contribution in [0, 0.1) is 5.92 Å². The Bertz CT molecular complexity index is 304. The van der Waals surface area contributed by atoms with E-state index in [2.05, 4.69) is 10.3 Å². The van der Waals surface area contributed by atoms with Gasteiger partial charge in [-0.05, 0) is 18.8 Å². The molecule has 2 aliphatic rings. The molecule has 2 heterocycles. The van der Waals surface area contributed by atoms with E-state index in [1.165, 1.54) is 36.3 Å².